The summed E-state index contributed by atoms with van der Waals surface area (Å²) in [5.41, 5.74) is 0.941. The normalized spacial score (nSPS) is 10.6. The van der Waals surface area contributed by atoms with Crippen LogP contribution >= 0.6 is 0 Å². The van der Waals surface area contributed by atoms with Crippen molar-refractivity contribution in [1.29, 1.82) is 0 Å². The number of unbranched alkanes of at least 4 members (excludes halogenated alkanes) is 2. The van der Waals surface area contributed by atoms with Crippen molar-refractivity contribution >= 4 is 5.97 Å². The maximum absolute atomic E-state index is 11.4. The zero-order valence-corrected chi connectivity index (χ0v) is 12.9. The summed E-state index contributed by atoms with van der Waals surface area (Å²) in [7, 11) is 0. The van der Waals surface area contributed by atoms with Crippen LogP contribution in [0, 0.1) is 0 Å². The van der Waals surface area contributed by atoms with Crippen molar-refractivity contribution in [2.75, 3.05) is 6.61 Å². The maximum atomic E-state index is 11.4. The molecule has 0 bridgehead atoms. The van der Waals surface area contributed by atoms with Gasteiger partial charge in [0.25, 0.3) is 0 Å². The first kappa shape index (κ1) is 16.1. The highest BCUT2D eigenvalue weighted by molar-refractivity contribution is 5.69. The van der Waals surface area contributed by atoms with Crippen LogP contribution in [0.2, 0.25) is 0 Å². The lowest BCUT2D eigenvalue weighted by Gasteiger charge is -2.03. The first-order valence-corrected chi connectivity index (χ1v) is 7.78. The Balaban J connectivity index is 1.68. The number of aromatic nitrogens is 4. The Morgan fingerprint density at radius 2 is 2.00 bits per heavy atom. The van der Waals surface area contributed by atoms with Crippen molar-refractivity contribution in [2.45, 2.75) is 45.6 Å². The van der Waals surface area contributed by atoms with Gasteiger partial charge in [0.2, 0.25) is 5.82 Å². The number of nitrogens with zero attached hydrogens (tertiary/aromatic N) is 4. The number of carbonyl (C=O) groups excluding carboxylic acids is 1. The molecule has 0 aliphatic heterocycles. The summed E-state index contributed by atoms with van der Waals surface area (Å²) in [5.74, 6) is 0.488. The monoisotopic (exact) mass is 302 g/mol. The van der Waals surface area contributed by atoms with E-state index in [0.717, 1.165) is 24.8 Å². The molecule has 22 heavy (non-hydrogen) atoms. The van der Waals surface area contributed by atoms with Crippen LogP contribution in [0.5, 0.6) is 0 Å². The van der Waals surface area contributed by atoms with Gasteiger partial charge >= 0.3 is 5.97 Å². The summed E-state index contributed by atoms with van der Waals surface area (Å²) in [6.07, 6.45) is 4.27. The number of ether oxygens (including phenoxy) is 1. The summed E-state index contributed by atoms with van der Waals surface area (Å²) >= 11 is 0. The first-order chi connectivity index (χ1) is 10.8. The van der Waals surface area contributed by atoms with Gasteiger partial charge in [0.1, 0.15) is 0 Å². The number of aryl methyl sites for hydroxylation is 1. The van der Waals surface area contributed by atoms with Gasteiger partial charge in [-0.1, -0.05) is 50.1 Å². The second-order valence-electron chi connectivity index (χ2n) is 5.11. The molecule has 0 saturated carbocycles. The standard InChI is InChI=1S/C16H22N4O2/c1-2-3-5-11-15(21)22-13-8-12-20-18-16(17-19-20)14-9-6-4-7-10-14/h4,6-7,9-10H,2-3,5,8,11-13H2,1H3. The van der Waals surface area contributed by atoms with Crippen molar-refractivity contribution in [2.24, 2.45) is 0 Å². The van der Waals surface area contributed by atoms with Gasteiger partial charge in [-0.25, -0.2) is 0 Å². The average molecular weight is 302 g/mol. The minimum Gasteiger partial charge on any atom is -0.466 e. The number of hydrogen-bond donors (Lipinski definition) is 0. The van der Waals surface area contributed by atoms with Crippen LogP contribution in [0.4, 0.5) is 0 Å². The number of tetrazole rings is 1. The lowest BCUT2D eigenvalue weighted by atomic mass is 10.2. The molecule has 2 aromatic rings. The third-order valence-corrected chi connectivity index (χ3v) is 3.23. The maximum Gasteiger partial charge on any atom is 0.305 e. The predicted molar refractivity (Wildman–Crippen MR) is 83.0 cm³/mol. The molecule has 1 aromatic heterocycles. The molecule has 6 heteroatoms. The Bertz CT molecular complexity index is 569. The zero-order chi connectivity index (χ0) is 15.6. The Kier molecular flexibility index (Phi) is 6.54. The van der Waals surface area contributed by atoms with Crippen molar-refractivity contribution in [3.8, 4) is 11.4 Å². The Morgan fingerprint density at radius 3 is 2.77 bits per heavy atom. The van der Waals surface area contributed by atoms with E-state index in [1.54, 1.807) is 0 Å². The van der Waals surface area contributed by atoms with E-state index in [1.807, 2.05) is 30.3 Å². The number of rotatable bonds is 9. The lowest BCUT2D eigenvalue weighted by molar-refractivity contribution is -0.143. The molecule has 0 N–H and O–H groups in total. The topological polar surface area (TPSA) is 69.9 Å². The fraction of sp³-hybridized carbons (Fsp3) is 0.500. The van der Waals surface area contributed by atoms with Gasteiger partial charge in [-0.15, -0.1) is 10.2 Å². The second kappa shape index (κ2) is 8.92. The lowest BCUT2D eigenvalue weighted by Crippen LogP contribution is -2.10. The SMILES string of the molecule is CCCCCC(=O)OCCCn1nnc(-c2ccccc2)n1. The third kappa shape index (κ3) is 5.27. The van der Waals surface area contributed by atoms with E-state index in [4.69, 9.17) is 4.74 Å². The molecular weight excluding hydrogens is 280 g/mol. The Morgan fingerprint density at radius 1 is 1.18 bits per heavy atom. The highest BCUT2D eigenvalue weighted by atomic mass is 16.5. The van der Waals surface area contributed by atoms with E-state index < -0.39 is 0 Å². The van der Waals surface area contributed by atoms with Crippen LogP contribution < -0.4 is 0 Å². The average Bonchev–Trinajstić information content (AvgIpc) is 3.02. The fourth-order valence-corrected chi connectivity index (χ4v) is 2.02. The Labute approximate surface area is 130 Å². The van der Waals surface area contributed by atoms with Gasteiger partial charge in [0.05, 0.1) is 13.2 Å². The van der Waals surface area contributed by atoms with Crippen molar-refractivity contribution in [3.63, 3.8) is 0 Å². The number of hydrogen-bond acceptors (Lipinski definition) is 5. The minimum absolute atomic E-state index is 0.120. The fourth-order valence-electron chi connectivity index (χ4n) is 2.02. The first-order valence-electron chi connectivity index (χ1n) is 7.78. The van der Waals surface area contributed by atoms with Crippen LogP contribution in [-0.2, 0) is 16.1 Å². The highest BCUT2D eigenvalue weighted by Crippen LogP contribution is 2.11. The van der Waals surface area contributed by atoms with Crippen LogP contribution in [0.15, 0.2) is 30.3 Å². The molecule has 0 aliphatic rings. The van der Waals surface area contributed by atoms with Gasteiger partial charge in [-0.3, -0.25) is 4.79 Å². The molecule has 2 rings (SSSR count). The van der Waals surface area contributed by atoms with Crippen LogP contribution in [-0.4, -0.2) is 32.8 Å². The quantitative estimate of drug-likeness (QED) is 0.526. The highest BCUT2D eigenvalue weighted by Gasteiger charge is 2.06. The van der Waals surface area contributed by atoms with Gasteiger partial charge < -0.3 is 4.74 Å². The van der Waals surface area contributed by atoms with Crippen LogP contribution in [0.1, 0.15) is 39.0 Å². The molecule has 0 fully saturated rings. The molecule has 0 unspecified atom stereocenters. The number of carbonyl (C=O) groups is 1. The van der Waals surface area contributed by atoms with Gasteiger partial charge in [0, 0.05) is 18.4 Å². The Hall–Kier alpha value is -2.24. The molecule has 0 radical (unpaired) electrons. The number of esters is 1. The zero-order valence-electron chi connectivity index (χ0n) is 12.9. The molecule has 1 heterocycles. The molecule has 1 aromatic carbocycles. The largest absolute Gasteiger partial charge is 0.466 e. The molecule has 118 valence electrons. The van der Waals surface area contributed by atoms with Crippen molar-refractivity contribution in [3.05, 3.63) is 30.3 Å². The van der Waals surface area contributed by atoms with Crippen LogP contribution in [0.25, 0.3) is 11.4 Å². The molecule has 0 amide bonds. The molecule has 0 atom stereocenters. The minimum atomic E-state index is -0.120. The summed E-state index contributed by atoms with van der Waals surface area (Å²) in [6, 6.07) is 9.71. The van der Waals surface area contributed by atoms with E-state index in [1.165, 1.54) is 4.80 Å². The van der Waals surface area contributed by atoms with E-state index in [9.17, 15) is 4.79 Å². The molecular formula is C16H22N4O2. The van der Waals surface area contributed by atoms with E-state index >= 15 is 0 Å². The smallest absolute Gasteiger partial charge is 0.305 e. The summed E-state index contributed by atoms with van der Waals surface area (Å²) in [6.45, 7) is 3.09. The van der Waals surface area contributed by atoms with Crippen molar-refractivity contribution in [1.82, 2.24) is 20.2 Å². The van der Waals surface area contributed by atoms with Crippen LogP contribution in [0.3, 0.4) is 0 Å². The van der Waals surface area contributed by atoms with Gasteiger partial charge in [-0.2, -0.15) is 4.80 Å². The molecule has 0 aliphatic carbocycles. The molecule has 6 nitrogen and oxygen atoms in total. The van der Waals surface area contributed by atoms with Crippen molar-refractivity contribution < 1.29 is 9.53 Å². The van der Waals surface area contributed by atoms with E-state index in [0.29, 0.717) is 31.8 Å². The molecule has 0 spiro atoms. The summed E-state index contributed by atoms with van der Waals surface area (Å²) < 4.78 is 5.17. The molecule has 0 saturated heterocycles. The van der Waals surface area contributed by atoms with Gasteiger partial charge in [0.15, 0.2) is 0 Å². The summed E-state index contributed by atoms with van der Waals surface area (Å²) in [5, 5.41) is 12.3. The van der Waals surface area contributed by atoms with E-state index in [2.05, 4.69) is 22.3 Å². The van der Waals surface area contributed by atoms with E-state index in [-0.39, 0.29) is 5.97 Å². The second-order valence-corrected chi connectivity index (χ2v) is 5.11. The predicted octanol–water partition coefficient (Wildman–Crippen LogP) is 2.85. The number of benzene rings is 1. The summed E-state index contributed by atoms with van der Waals surface area (Å²) in [4.78, 5) is 13.0. The van der Waals surface area contributed by atoms with Gasteiger partial charge in [-0.05, 0) is 11.6 Å². The third-order valence-electron chi connectivity index (χ3n) is 3.23.